The zero-order chi connectivity index (χ0) is 12.5. The van der Waals surface area contributed by atoms with E-state index in [1.54, 1.807) is 11.3 Å². The predicted molar refractivity (Wildman–Crippen MR) is 74.1 cm³/mol. The zero-order valence-electron chi connectivity index (χ0n) is 10.1. The number of benzene rings is 1. The van der Waals surface area contributed by atoms with Crippen molar-refractivity contribution >= 4 is 23.1 Å². The number of amides is 2. The molecule has 2 aromatic rings. The molecule has 1 unspecified atom stereocenters. The second-order valence-corrected chi connectivity index (χ2v) is 5.40. The fourth-order valence-corrected chi connectivity index (χ4v) is 3.03. The topological polar surface area (TPSA) is 32.3 Å². The molecule has 4 heteroatoms. The van der Waals surface area contributed by atoms with Gasteiger partial charge < -0.3 is 5.32 Å². The van der Waals surface area contributed by atoms with E-state index in [9.17, 15) is 4.79 Å². The van der Waals surface area contributed by atoms with E-state index in [4.69, 9.17) is 0 Å². The van der Waals surface area contributed by atoms with Crippen LogP contribution in [-0.4, -0.2) is 12.6 Å². The van der Waals surface area contributed by atoms with Gasteiger partial charge in [0.2, 0.25) is 0 Å². The summed E-state index contributed by atoms with van der Waals surface area (Å²) in [4.78, 5) is 15.0. The number of thiophene rings is 1. The average molecular weight is 258 g/mol. The number of rotatable bonds is 2. The van der Waals surface area contributed by atoms with Gasteiger partial charge in [0, 0.05) is 17.1 Å². The lowest BCUT2D eigenvalue weighted by atomic mass is 10.1. The minimum atomic E-state index is -0.0164. The number of nitrogens with one attached hydrogen (secondary N) is 1. The van der Waals surface area contributed by atoms with Crippen LogP contribution in [0, 0.1) is 6.92 Å². The third-order valence-electron chi connectivity index (χ3n) is 3.16. The van der Waals surface area contributed by atoms with Crippen molar-refractivity contribution in [3.8, 4) is 0 Å². The molecule has 3 rings (SSSR count). The molecule has 0 spiro atoms. The van der Waals surface area contributed by atoms with Gasteiger partial charge in [-0.25, -0.2) is 4.79 Å². The molecule has 1 atom stereocenters. The second kappa shape index (κ2) is 4.46. The van der Waals surface area contributed by atoms with E-state index >= 15 is 0 Å². The number of carbonyl (C=O) groups is 1. The average Bonchev–Trinajstić information content (AvgIpc) is 2.99. The summed E-state index contributed by atoms with van der Waals surface area (Å²) in [6.07, 6.45) is 0. The van der Waals surface area contributed by atoms with Crippen LogP contribution in [0.5, 0.6) is 0 Å². The molecule has 1 fully saturated rings. The van der Waals surface area contributed by atoms with Crippen LogP contribution in [0.3, 0.4) is 0 Å². The van der Waals surface area contributed by atoms with Crippen LogP contribution in [0.25, 0.3) is 0 Å². The van der Waals surface area contributed by atoms with Crippen molar-refractivity contribution in [2.45, 2.75) is 13.0 Å². The van der Waals surface area contributed by atoms with Gasteiger partial charge in [0.25, 0.3) is 0 Å². The van der Waals surface area contributed by atoms with E-state index in [-0.39, 0.29) is 12.1 Å². The lowest BCUT2D eigenvalue weighted by molar-refractivity contribution is 0.251. The molecule has 0 aliphatic carbocycles. The van der Waals surface area contributed by atoms with E-state index < -0.39 is 0 Å². The number of aryl methyl sites for hydroxylation is 1. The Hall–Kier alpha value is -1.81. The summed E-state index contributed by atoms with van der Waals surface area (Å²) in [6.45, 7) is 2.72. The summed E-state index contributed by atoms with van der Waals surface area (Å²) >= 11 is 1.69. The molecule has 2 amide bonds. The van der Waals surface area contributed by atoms with Gasteiger partial charge in [-0.1, -0.05) is 23.8 Å². The van der Waals surface area contributed by atoms with E-state index in [0.29, 0.717) is 6.54 Å². The Balaban J connectivity index is 1.97. The Morgan fingerprint density at radius 2 is 2.06 bits per heavy atom. The lowest BCUT2D eigenvalue weighted by Crippen LogP contribution is -2.29. The Labute approximate surface area is 110 Å². The van der Waals surface area contributed by atoms with Crippen molar-refractivity contribution in [3.63, 3.8) is 0 Å². The minimum absolute atomic E-state index is 0.0164. The summed E-state index contributed by atoms with van der Waals surface area (Å²) in [6, 6.07) is 12.3. The van der Waals surface area contributed by atoms with Gasteiger partial charge in [-0.15, -0.1) is 11.3 Å². The first-order valence-electron chi connectivity index (χ1n) is 5.93. The molecular weight excluding hydrogens is 244 g/mol. The van der Waals surface area contributed by atoms with Crippen molar-refractivity contribution in [1.29, 1.82) is 0 Å². The van der Waals surface area contributed by atoms with E-state index in [1.807, 2.05) is 47.5 Å². The molecule has 0 bridgehead atoms. The molecule has 92 valence electrons. The van der Waals surface area contributed by atoms with Crippen LogP contribution in [0.4, 0.5) is 10.5 Å². The van der Waals surface area contributed by atoms with Gasteiger partial charge in [-0.05, 0) is 30.5 Å². The third kappa shape index (κ3) is 1.88. The highest BCUT2D eigenvalue weighted by Crippen LogP contribution is 2.32. The Bertz CT molecular complexity index is 548. The molecule has 0 radical (unpaired) electrons. The third-order valence-corrected chi connectivity index (χ3v) is 4.13. The fraction of sp³-hybridized carbons (Fsp3) is 0.214. The van der Waals surface area contributed by atoms with Gasteiger partial charge in [-0.3, -0.25) is 4.90 Å². The van der Waals surface area contributed by atoms with E-state index in [0.717, 1.165) is 5.69 Å². The van der Waals surface area contributed by atoms with Crippen LogP contribution in [0.1, 0.15) is 16.5 Å². The van der Waals surface area contributed by atoms with Crippen LogP contribution in [-0.2, 0) is 0 Å². The number of anilines is 1. The van der Waals surface area contributed by atoms with E-state index in [1.165, 1.54) is 10.4 Å². The monoisotopic (exact) mass is 258 g/mol. The summed E-state index contributed by atoms with van der Waals surface area (Å²) in [5.41, 5.74) is 2.15. The SMILES string of the molecule is Cc1ccc(N2C(=O)NCC2c2cccs2)cc1. The molecule has 18 heavy (non-hydrogen) atoms. The maximum Gasteiger partial charge on any atom is 0.322 e. The summed E-state index contributed by atoms with van der Waals surface area (Å²) < 4.78 is 0. The minimum Gasteiger partial charge on any atom is -0.335 e. The molecule has 1 aliphatic rings. The largest absolute Gasteiger partial charge is 0.335 e. The van der Waals surface area contributed by atoms with Crippen LogP contribution < -0.4 is 10.2 Å². The highest BCUT2D eigenvalue weighted by molar-refractivity contribution is 7.10. The number of urea groups is 1. The van der Waals surface area contributed by atoms with Crippen molar-refractivity contribution in [1.82, 2.24) is 5.32 Å². The number of hydrogen-bond acceptors (Lipinski definition) is 2. The predicted octanol–water partition coefficient (Wildman–Crippen LogP) is 3.33. The van der Waals surface area contributed by atoms with Gasteiger partial charge in [0.15, 0.2) is 0 Å². The Morgan fingerprint density at radius 1 is 1.28 bits per heavy atom. The normalized spacial score (nSPS) is 19.1. The summed E-state index contributed by atoms with van der Waals surface area (Å²) in [7, 11) is 0. The lowest BCUT2D eigenvalue weighted by Gasteiger charge is -2.22. The van der Waals surface area contributed by atoms with Gasteiger partial charge >= 0.3 is 6.03 Å². The van der Waals surface area contributed by atoms with E-state index in [2.05, 4.69) is 11.4 Å². The summed E-state index contributed by atoms with van der Waals surface area (Å²) in [5, 5.41) is 4.96. The number of nitrogens with zero attached hydrogens (tertiary/aromatic N) is 1. The van der Waals surface area contributed by atoms with Crippen molar-refractivity contribution in [2.75, 3.05) is 11.4 Å². The maximum absolute atomic E-state index is 12.0. The Kier molecular flexibility index (Phi) is 2.80. The Morgan fingerprint density at radius 3 is 2.72 bits per heavy atom. The standard InChI is InChI=1S/C14H14N2OS/c1-10-4-6-11(7-5-10)16-12(9-15-14(16)17)13-3-2-8-18-13/h2-8,12H,9H2,1H3,(H,15,17). The van der Waals surface area contributed by atoms with Crippen LogP contribution in [0.2, 0.25) is 0 Å². The van der Waals surface area contributed by atoms with Crippen molar-refractivity contribution in [2.24, 2.45) is 0 Å². The first kappa shape index (κ1) is 11.3. The quantitative estimate of drug-likeness (QED) is 0.880. The summed E-state index contributed by atoms with van der Waals surface area (Å²) in [5.74, 6) is 0. The van der Waals surface area contributed by atoms with Crippen LogP contribution in [0.15, 0.2) is 41.8 Å². The van der Waals surface area contributed by atoms with Gasteiger partial charge in [0.1, 0.15) is 0 Å². The number of carbonyl (C=O) groups excluding carboxylic acids is 1. The molecule has 3 nitrogen and oxygen atoms in total. The highest BCUT2D eigenvalue weighted by atomic mass is 32.1. The smallest absolute Gasteiger partial charge is 0.322 e. The van der Waals surface area contributed by atoms with Gasteiger partial charge in [0.05, 0.1) is 6.04 Å². The first-order chi connectivity index (χ1) is 8.75. The van der Waals surface area contributed by atoms with Crippen LogP contribution >= 0.6 is 11.3 Å². The molecule has 1 aliphatic heterocycles. The van der Waals surface area contributed by atoms with Gasteiger partial charge in [-0.2, -0.15) is 0 Å². The molecule has 1 aromatic carbocycles. The zero-order valence-corrected chi connectivity index (χ0v) is 10.9. The second-order valence-electron chi connectivity index (χ2n) is 4.42. The van der Waals surface area contributed by atoms with Crippen molar-refractivity contribution in [3.05, 3.63) is 52.2 Å². The molecule has 2 heterocycles. The number of hydrogen-bond donors (Lipinski definition) is 1. The fourth-order valence-electron chi connectivity index (χ4n) is 2.21. The molecular formula is C14H14N2OS. The maximum atomic E-state index is 12.0. The van der Waals surface area contributed by atoms with Crippen molar-refractivity contribution < 1.29 is 4.79 Å². The molecule has 1 aromatic heterocycles. The molecule has 0 saturated carbocycles. The molecule has 1 N–H and O–H groups in total. The first-order valence-corrected chi connectivity index (χ1v) is 6.81. The molecule has 1 saturated heterocycles. The highest BCUT2D eigenvalue weighted by Gasteiger charge is 2.33.